The Labute approximate surface area is 197 Å². The molecule has 2 aromatic carbocycles. The van der Waals surface area contributed by atoms with E-state index in [2.05, 4.69) is 20.9 Å². The minimum Gasteiger partial charge on any atom is -0.353 e. The van der Waals surface area contributed by atoms with Gasteiger partial charge >= 0.3 is 0 Å². The summed E-state index contributed by atoms with van der Waals surface area (Å²) >= 11 is 0. The van der Waals surface area contributed by atoms with E-state index >= 15 is 0 Å². The second-order valence-corrected chi connectivity index (χ2v) is 7.69. The van der Waals surface area contributed by atoms with Gasteiger partial charge < -0.3 is 16.0 Å². The van der Waals surface area contributed by atoms with Crippen LogP contribution in [0.4, 0.5) is 5.69 Å². The number of aryl methyl sites for hydroxylation is 1. The van der Waals surface area contributed by atoms with E-state index in [9.17, 15) is 19.2 Å². The Morgan fingerprint density at radius 3 is 2.24 bits per heavy atom. The van der Waals surface area contributed by atoms with Crippen LogP contribution in [0.3, 0.4) is 0 Å². The highest BCUT2D eigenvalue weighted by atomic mass is 16.2. The first-order valence-electron chi connectivity index (χ1n) is 10.9. The van der Waals surface area contributed by atoms with Crippen molar-refractivity contribution in [2.45, 2.75) is 26.8 Å². The van der Waals surface area contributed by atoms with Gasteiger partial charge in [-0.2, -0.15) is 0 Å². The fraction of sp³-hybridized carbons (Fsp3) is 0.240. The summed E-state index contributed by atoms with van der Waals surface area (Å²) in [5.74, 6) is -0.764. The van der Waals surface area contributed by atoms with Gasteiger partial charge in [-0.15, -0.1) is 0 Å². The molecule has 0 atom stereocenters. The molecular weight excluding hydrogens is 434 g/mol. The SMILES string of the molecule is CCC(=O)Nc1ccc(C(=O)NCCNC(=O)Cn2cnc(-c3ccc(C)cc3)cc2=O)cc1. The van der Waals surface area contributed by atoms with Crippen LogP contribution in [0.15, 0.2) is 65.7 Å². The Morgan fingerprint density at radius 1 is 0.912 bits per heavy atom. The van der Waals surface area contributed by atoms with E-state index in [0.29, 0.717) is 23.4 Å². The zero-order chi connectivity index (χ0) is 24.5. The fourth-order valence-electron chi connectivity index (χ4n) is 3.07. The number of amides is 3. The summed E-state index contributed by atoms with van der Waals surface area (Å²) in [4.78, 5) is 52.4. The molecule has 3 N–H and O–H groups in total. The van der Waals surface area contributed by atoms with Crippen LogP contribution in [0.5, 0.6) is 0 Å². The maximum absolute atomic E-state index is 12.4. The Bertz CT molecular complexity index is 1220. The molecule has 3 aromatic rings. The lowest BCUT2D eigenvalue weighted by Gasteiger charge is -2.09. The monoisotopic (exact) mass is 461 g/mol. The van der Waals surface area contributed by atoms with E-state index < -0.39 is 0 Å². The van der Waals surface area contributed by atoms with Gasteiger partial charge in [0.2, 0.25) is 11.8 Å². The van der Waals surface area contributed by atoms with Gasteiger partial charge in [-0.05, 0) is 31.2 Å². The summed E-state index contributed by atoms with van der Waals surface area (Å²) in [6.07, 6.45) is 1.73. The lowest BCUT2D eigenvalue weighted by Crippen LogP contribution is -2.37. The minimum atomic E-state index is -0.364. The van der Waals surface area contributed by atoms with Gasteiger partial charge in [0.05, 0.1) is 12.0 Å². The van der Waals surface area contributed by atoms with Crippen molar-refractivity contribution in [1.29, 1.82) is 0 Å². The number of rotatable bonds is 9. The number of benzene rings is 2. The predicted molar refractivity (Wildman–Crippen MR) is 129 cm³/mol. The third-order valence-electron chi connectivity index (χ3n) is 5.03. The maximum Gasteiger partial charge on any atom is 0.254 e. The molecule has 176 valence electrons. The molecular formula is C25H27N5O4. The van der Waals surface area contributed by atoms with E-state index in [4.69, 9.17) is 0 Å². The van der Waals surface area contributed by atoms with E-state index in [1.165, 1.54) is 17.0 Å². The highest BCUT2D eigenvalue weighted by Gasteiger charge is 2.09. The average molecular weight is 462 g/mol. The van der Waals surface area contributed by atoms with Crippen LogP contribution in [-0.2, 0) is 16.1 Å². The van der Waals surface area contributed by atoms with Crippen molar-refractivity contribution in [3.05, 3.63) is 82.4 Å². The van der Waals surface area contributed by atoms with Crippen molar-refractivity contribution in [2.24, 2.45) is 0 Å². The number of hydrogen-bond acceptors (Lipinski definition) is 5. The Kier molecular flexibility index (Phi) is 8.28. The highest BCUT2D eigenvalue weighted by Crippen LogP contribution is 2.15. The molecule has 0 saturated heterocycles. The molecule has 0 spiro atoms. The van der Waals surface area contributed by atoms with Gasteiger partial charge in [0.1, 0.15) is 6.54 Å². The highest BCUT2D eigenvalue weighted by molar-refractivity contribution is 5.95. The molecule has 0 fully saturated rings. The topological polar surface area (TPSA) is 122 Å². The zero-order valence-corrected chi connectivity index (χ0v) is 19.1. The van der Waals surface area contributed by atoms with Crippen LogP contribution >= 0.6 is 0 Å². The van der Waals surface area contributed by atoms with E-state index in [0.717, 1.165) is 11.1 Å². The molecule has 0 radical (unpaired) electrons. The summed E-state index contributed by atoms with van der Waals surface area (Å²) in [5.41, 5.74) is 3.22. The third-order valence-corrected chi connectivity index (χ3v) is 5.03. The first kappa shape index (κ1) is 24.4. The fourth-order valence-corrected chi connectivity index (χ4v) is 3.07. The van der Waals surface area contributed by atoms with Crippen LogP contribution < -0.4 is 21.5 Å². The summed E-state index contributed by atoms with van der Waals surface area (Å²) in [5, 5.41) is 8.09. The van der Waals surface area contributed by atoms with E-state index in [1.54, 1.807) is 31.2 Å². The van der Waals surface area contributed by atoms with Gasteiger partial charge in [0.25, 0.3) is 11.5 Å². The van der Waals surface area contributed by atoms with Crippen molar-refractivity contribution < 1.29 is 14.4 Å². The molecule has 9 nitrogen and oxygen atoms in total. The first-order valence-corrected chi connectivity index (χ1v) is 10.9. The van der Waals surface area contributed by atoms with Crippen molar-refractivity contribution >= 4 is 23.4 Å². The molecule has 3 amide bonds. The van der Waals surface area contributed by atoms with Crippen molar-refractivity contribution in [3.63, 3.8) is 0 Å². The Morgan fingerprint density at radius 2 is 1.59 bits per heavy atom. The molecule has 0 aliphatic carbocycles. The molecule has 1 aromatic heterocycles. The van der Waals surface area contributed by atoms with Gasteiger partial charge in [-0.1, -0.05) is 36.8 Å². The molecule has 34 heavy (non-hydrogen) atoms. The van der Waals surface area contributed by atoms with Crippen LogP contribution in [0.1, 0.15) is 29.3 Å². The molecule has 0 saturated carbocycles. The number of carbonyl (C=O) groups is 3. The summed E-state index contributed by atoms with van der Waals surface area (Å²) in [7, 11) is 0. The van der Waals surface area contributed by atoms with Crippen LogP contribution in [0.25, 0.3) is 11.3 Å². The van der Waals surface area contributed by atoms with Gasteiger partial charge in [0, 0.05) is 42.4 Å². The number of aromatic nitrogens is 2. The molecule has 0 aliphatic rings. The number of anilines is 1. The average Bonchev–Trinajstić information content (AvgIpc) is 2.84. The molecule has 1 heterocycles. The van der Waals surface area contributed by atoms with Crippen LogP contribution in [0.2, 0.25) is 0 Å². The molecule has 0 unspecified atom stereocenters. The summed E-state index contributed by atoms with van der Waals surface area (Å²) < 4.78 is 1.23. The number of nitrogens with one attached hydrogen (secondary N) is 3. The Balaban J connectivity index is 1.44. The van der Waals surface area contributed by atoms with E-state index in [-0.39, 0.29) is 42.9 Å². The third kappa shape index (κ3) is 6.86. The van der Waals surface area contributed by atoms with Gasteiger partial charge in [-0.25, -0.2) is 4.98 Å². The predicted octanol–water partition coefficient (Wildman–Crippen LogP) is 2.11. The Hall–Kier alpha value is -4.27. The first-order chi connectivity index (χ1) is 16.4. The van der Waals surface area contributed by atoms with Gasteiger partial charge in [-0.3, -0.25) is 23.7 Å². The maximum atomic E-state index is 12.4. The molecule has 0 aliphatic heterocycles. The van der Waals surface area contributed by atoms with E-state index in [1.807, 2.05) is 31.2 Å². The quantitative estimate of drug-likeness (QED) is 0.421. The summed E-state index contributed by atoms with van der Waals surface area (Å²) in [6.45, 7) is 4.00. The number of nitrogens with zero attached hydrogens (tertiary/aromatic N) is 2. The van der Waals surface area contributed by atoms with Crippen molar-refractivity contribution in [2.75, 3.05) is 18.4 Å². The largest absolute Gasteiger partial charge is 0.353 e. The van der Waals surface area contributed by atoms with Crippen molar-refractivity contribution in [3.8, 4) is 11.3 Å². The van der Waals surface area contributed by atoms with Crippen LogP contribution in [-0.4, -0.2) is 40.4 Å². The smallest absolute Gasteiger partial charge is 0.254 e. The molecule has 3 rings (SSSR count). The normalized spacial score (nSPS) is 10.4. The standard InChI is InChI=1S/C25H27N5O4/c1-3-22(31)29-20-10-8-19(9-11-20)25(34)27-13-12-26-23(32)15-30-16-28-21(14-24(30)33)18-6-4-17(2)5-7-18/h4-11,14,16H,3,12-13,15H2,1-2H3,(H,26,32)(H,27,34)(H,29,31). The van der Waals surface area contributed by atoms with Crippen LogP contribution in [0, 0.1) is 6.92 Å². The lowest BCUT2D eigenvalue weighted by molar-refractivity contribution is -0.121. The lowest BCUT2D eigenvalue weighted by atomic mass is 10.1. The zero-order valence-electron chi connectivity index (χ0n) is 19.1. The summed E-state index contributed by atoms with van der Waals surface area (Å²) in [6, 6.07) is 15.6. The van der Waals surface area contributed by atoms with Crippen molar-refractivity contribution in [1.82, 2.24) is 20.2 Å². The minimum absolute atomic E-state index is 0.104. The molecule has 9 heteroatoms. The number of carbonyl (C=O) groups excluding carboxylic acids is 3. The second-order valence-electron chi connectivity index (χ2n) is 7.69. The van der Waals surface area contributed by atoms with Gasteiger partial charge in [0.15, 0.2) is 0 Å². The number of hydrogen-bond donors (Lipinski definition) is 3. The second kappa shape index (κ2) is 11.6. The molecule has 0 bridgehead atoms.